The van der Waals surface area contributed by atoms with Crippen LogP contribution in [0, 0.1) is 11.7 Å². The van der Waals surface area contributed by atoms with E-state index in [0.717, 1.165) is 18.5 Å². The van der Waals surface area contributed by atoms with Crippen LogP contribution < -0.4 is 10.2 Å². The van der Waals surface area contributed by atoms with Gasteiger partial charge in [-0.15, -0.1) is 0 Å². The normalized spacial score (nSPS) is 19.3. The van der Waals surface area contributed by atoms with E-state index in [2.05, 4.69) is 10.2 Å². The lowest BCUT2D eigenvalue weighted by atomic mass is 9.87. The van der Waals surface area contributed by atoms with Crippen molar-refractivity contribution in [3.63, 3.8) is 0 Å². The number of hydrogen-bond donors (Lipinski definition) is 1. The minimum Gasteiger partial charge on any atom is -0.369 e. The maximum atomic E-state index is 13.1. The zero-order valence-corrected chi connectivity index (χ0v) is 17.8. The Morgan fingerprint density at radius 3 is 2.34 bits per heavy atom. The molecule has 0 bridgehead atoms. The molecule has 1 aliphatic carbocycles. The van der Waals surface area contributed by atoms with Crippen LogP contribution in [0.4, 0.5) is 10.1 Å². The lowest BCUT2D eigenvalue weighted by Gasteiger charge is -2.35. The van der Waals surface area contributed by atoms with Gasteiger partial charge in [0.1, 0.15) is 5.82 Å². The number of halogens is 1. The van der Waals surface area contributed by atoms with E-state index in [1.807, 2.05) is 0 Å². The highest BCUT2D eigenvalue weighted by atomic mass is 32.2. The summed E-state index contributed by atoms with van der Waals surface area (Å²) in [5, 5.41) is 2.88. The van der Waals surface area contributed by atoms with Crippen molar-refractivity contribution in [1.29, 1.82) is 0 Å². The zero-order valence-electron chi connectivity index (χ0n) is 17.0. The van der Waals surface area contributed by atoms with Crippen molar-refractivity contribution in [2.75, 3.05) is 43.4 Å². The fraction of sp³-hybridized carbons (Fsp3) is 0.667. The zero-order chi connectivity index (χ0) is 20.7. The summed E-state index contributed by atoms with van der Waals surface area (Å²) >= 11 is 0. The fourth-order valence-electron chi connectivity index (χ4n) is 4.21. The van der Waals surface area contributed by atoms with E-state index in [4.69, 9.17) is 0 Å². The van der Waals surface area contributed by atoms with E-state index in [9.17, 15) is 17.6 Å². The second kappa shape index (κ2) is 10.4. The summed E-state index contributed by atoms with van der Waals surface area (Å²) in [4.78, 5) is 14.1. The van der Waals surface area contributed by atoms with E-state index < -0.39 is 10.0 Å². The molecule has 0 aromatic heterocycles. The number of piperazine rings is 1. The van der Waals surface area contributed by atoms with Gasteiger partial charge in [-0.3, -0.25) is 4.79 Å². The van der Waals surface area contributed by atoms with Crippen LogP contribution in [0.2, 0.25) is 0 Å². The molecule has 1 saturated heterocycles. The van der Waals surface area contributed by atoms with Crippen molar-refractivity contribution in [1.82, 2.24) is 9.62 Å². The lowest BCUT2D eigenvalue weighted by molar-refractivity contribution is -0.122. The van der Waals surface area contributed by atoms with Crippen LogP contribution in [0.5, 0.6) is 0 Å². The molecule has 2 fully saturated rings. The Kier molecular flexibility index (Phi) is 7.89. The highest BCUT2D eigenvalue weighted by molar-refractivity contribution is 7.89. The van der Waals surface area contributed by atoms with Crippen LogP contribution in [-0.4, -0.2) is 57.1 Å². The molecule has 0 radical (unpaired) electrons. The predicted octanol–water partition coefficient (Wildman–Crippen LogP) is 2.75. The largest absolute Gasteiger partial charge is 0.369 e. The minimum atomic E-state index is -3.33. The molecule has 1 amide bonds. The molecule has 3 rings (SSSR count). The van der Waals surface area contributed by atoms with Gasteiger partial charge in [0.25, 0.3) is 0 Å². The summed E-state index contributed by atoms with van der Waals surface area (Å²) in [6.07, 6.45) is 6.95. The quantitative estimate of drug-likeness (QED) is 0.651. The average Bonchev–Trinajstić information content (AvgIpc) is 2.73. The molecule has 1 aromatic rings. The Morgan fingerprint density at radius 2 is 1.69 bits per heavy atom. The summed E-state index contributed by atoms with van der Waals surface area (Å²) in [6.45, 7) is 2.42. The van der Waals surface area contributed by atoms with Crippen molar-refractivity contribution >= 4 is 21.6 Å². The number of carbonyl (C=O) groups excluding carboxylic acids is 1. The van der Waals surface area contributed by atoms with Crippen LogP contribution in [-0.2, 0) is 14.8 Å². The Hall–Kier alpha value is -1.67. The van der Waals surface area contributed by atoms with E-state index in [1.165, 1.54) is 35.7 Å². The molecule has 0 unspecified atom stereocenters. The molecule has 6 nitrogen and oxygen atoms in total. The SMILES string of the molecule is O=C(CC1CCCCC1)NCCCS(=O)(=O)N1CCN(c2ccc(F)cc2)CC1. The van der Waals surface area contributed by atoms with Crippen molar-refractivity contribution in [3.05, 3.63) is 30.1 Å². The Labute approximate surface area is 173 Å². The van der Waals surface area contributed by atoms with Gasteiger partial charge in [0.15, 0.2) is 0 Å². The lowest BCUT2D eigenvalue weighted by Crippen LogP contribution is -2.49. The van der Waals surface area contributed by atoms with Crippen molar-refractivity contribution in [3.8, 4) is 0 Å². The standard InChI is InChI=1S/C21H32FN3O3S/c22-19-7-9-20(10-8-19)24-12-14-25(15-13-24)29(27,28)16-4-11-23-21(26)17-18-5-2-1-3-6-18/h7-10,18H,1-6,11-17H2,(H,23,26). The number of rotatable bonds is 8. The van der Waals surface area contributed by atoms with Crippen LogP contribution in [0.25, 0.3) is 0 Å². The molecule has 162 valence electrons. The summed E-state index contributed by atoms with van der Waals surface area (Å²) in [7, 11) is -3.33. The third-order valence-corrected chi connectivity index (χ3v) is 7.88. The van der Waals surface area contributed by atoms with Gasteiger partial charge >= 0.3 is 0 Å². The number of carbonyl (C=O) groups is 1. The van der Waals surface area contributed by atoms with Gasteiger partial charge in [-0.1, -0.05) is 19.3 Å². The highest BCUT2D eigenvalue weighted by Crippen LogP contribution is 2.26. The van der Waals surface area contributed by atoms with E-state index >= 15 is 0 Å². The number of anilines is 1. The maximum absolute atomic E-state index is 13.1. The molecule has 29 heavy (non-hydrogen) atoms. The smallest absolute Gasteiger partial charge is 0.220 e. The first-order valence-corrected chi connectivity index (χ1v) is 12.3. The minimum absolute atomic E-state index is 0.0437. The van der Waals surface area contributed by atoms with E-state index in [0.29, 0.717) is 51.5 Å². The third-order valence-electron chi connectivity index (χ3n) is 5.92. The van der Waals surface area contributed by atoms with Gasteiger partial charge in [-0.25, -0.2) is 12.8 Å². The monoisotopic (exact) mass is 425 g/mol. The fourth-order valence-corrected chi connectivity index (χ4v) is 5.70. The van der Waals surface area contributed by atoms with Crippen molar-refractivity contribution in [2.24, 2.45) is 5.92 Å². The summed E-state index contributed by atoms with van der Waals surface area (Å²) in [6, 6.07) is 6.27. The van der Waals surface area contributed by atoms with Gasteiger partial charge in [0.2, 0.25) is 15.9 Å². The Bertz CT molecular complexity index is 756. The maximum Gasteiger partial charge on any atom is 0.220 e. The summed E-state index contributed by atoms with van der Waals surface area (Å²) in [5.74, 6) is 0.306. The van der Waals surface area contributed by atoms with E-state index in [-0.39, 0.29) is 17.5 Å². The molecule has 0 spiro atoms. The predicted molar refractivity (Wildman–Crippen MR) is 113 cm³/mol. The van der Waals surface area contributed by atoms with Gasteiger partial charge in [-0.05, 0) is 49.4 Å². The highest BCUT2D eigenvalue weighted by Gasteiger charge is 2.26. The van der Waals surface area contributed by atoms with Gasteiger partial charge in [-0.2, -0.15) is 4.31 Å². The molecule has 1 heterocycles. The number of sulfonamides is 1. The topological polar surface area (TPSA) is 69.7 Å². The van der Waals surface area contributed by atoms with Crippen LogP contribution in [0.1, 0.15) is 44.9 Å². The molecule has 8 heteroatoms. The average molecular weight is 426 g/mol. The number of amides is 1. The number of benzene rings is 1. The molecular weight excluding hydrogens is 393 g/mol. The van der Waals surface area contributed by atoms with Crippen molar-refractivity contribution in [2.45, 2.75) is 44.9 Å². The van der Waals surface area contributed by atoms with E-state index in [1.54, 1.807) is 12.1 Å². The molecule has 1 saturated carbocycles. The van der Waals surface area contributed by atoms with Crippen LogP contribution >= 0.6 is 0 Å². The van der Waals surface area contributed by atoms with Crippen LogP contribution in [0.15, 0.2) is 24.3 Å². The Balaban J connectivity index is 1.35. The van der Waals surface area contributed by atoms with Gasteiger partial charge in [0.05, 0.1) is 5.75 Å². The summed E-state index contributed by atoms with van der Waals surface area (Å²) in [5.41, 5.74) is 0.907. The second-order valence-electron chi connectivity index (χ2n) is 8.09. The number of hydrogen-bond acceptors (Lipinski definition) is 4. The number of nitrogens with zero attached hydrogens (tertiary/aromatic N) is 2. The molecule has 0 atom stereocenters. The first kappa shape index (κ1) is 22.0. The van der Waals surface area contributed by atoms with Gasteiger partial charge in [0, 0.05) is 44.8 Å². The molecule has 1 aromatic carbocycles. The van der Waals surface area contributed by atoms with Crippen molar-refractivity contribution < 1.29 is 17.6 Å². The van der Waals surface area contributed by atoms with Gasteiger partial charge < -0.3 is 10.2 Å². The second-order valence-corrected chi connectivity index (χ2v) is 10.2. The number of nitrogens with one attached hydrogen (secondary N) is 1. The first-order valence-electron chi connectivity index (χ1n) is 10.7. The van der Waals surface area contributed by atoms with Crippen LogP contribution in [0.3, 0.4) is 0 Å². The molecule has 1 N–H and O–H groups in total. The third kappa shape index (κ3) is 6.67. The molecule has 2 aliphatic rings. The Morgan fingerprint density at radius 1 is 1.03 bits per heavy atom. The first-order chi connectivity index (χ1) is 13.9. The molecule has 1 aliphatic heterocycles. The molecular formula is C21H32FN3O3S. The summed E-state index contributed by atoms with van der Waals surface area (Å²) < 4.78 is 39.7.